The summed E-state index contributed by atoms with van der Waals surface area (Å²) in [6.45, 7) is 0. The summed E-state index contributed by atoms with van der Waals surface area (Å²) in [5.74, 6) is -2.31. The molecule has 0 radical (unpaired) electrons. The first kappa shape index (κ1) is 14.6. The van der Waals surface area contributed by atoms with Crippen LogP contribution in [0, 0.1) is 5.82 Å². The van der Waals surface area contributed by atoms with Gasteiger partial charge in [0, 0.05) is 12.8 Å². The number of benzene rings is 1. The summed E-state index contributed by atoms with van der Waals surface area (Å²) in [6.07, 6.45) is 0.960. The van der Waals surface area contributed by atoms with Crippen molar-refractivity contribution in [1.29, 1.82) is 0 Å². The van der Waals surface area contributed by atoms with E-state index in [1.807, 2.05) is 0 Å². The van der Waals surface area contributed by atoms with Gasteiger partial charge in [-0.2, -0.15) is 8.42 Å². The molecule has 21 heavy (non-hydrogen) atoms. The minimum Gasteiger partial charge on any atom is -0.300 e. The highest BCUT2D eigenvalue weighted by Gasteiger charge is 2.70. The lowest BCUT2D eigenvalue weighted by atomic mass is 9.71. The third-order valence-corrected chi connectivity index (χ3v) is 4.97. The number of hydrogen-bond acceptors (Lipinski definition) is 6. The van der Waals surface area contributed by atoms with Crippen LogP contribution in [-0.4, -0.2) is 27.0 Å². The van der Waals surface area contributed by atoms with Crippen molar-refractivity contribution >= 4 is 16.2 Å². The van der Waals surface area contributed by atoms with Crippen LogP contribution in [0.3, 0.4) is 0 Å². The van der Waals surface area contributed by atoms with Crippen LogP contribution in [0.4, 0.5) is 4.39 Å². The molecule has 1 aromatic carbocycles. The smallest absolute Gasteiger partial charge is 0.300 e. The highest BCUT2D eigenvalue weighted by atomic mass is 32.3. The van der Waals surface area contributed by atoms with Gasteiger partial charge in [0.2, 0.25) is 5.79 Å². The summed E-state index contributed by atoms with van der Waals surface area (Å²) >= 11 is 0. The van der Waals surface area contributed by atoms with Gasteiger partial charge in [-0.3, -0.25) is 10.1 Å². The second-order valence-corrected chi connectivity index (χ2v) is 6.26. The standard InChI is InChI=1S/C13H14FNO5S/c1-15-13(9-4-6-10(14)7-5-9)11(16)3-2-8-12(13)19-21(17,18)20-12/h4-7,15H,2-3,8H2,1H3/t13-/m1/s1. The highest BCUT2D eigenvalue weighted by molar-refractivity contribution is 7.82. The van der Waals surface area contributed by atoms with Gasteiger partial charge < -0.3 is 0 Å². The first-order valence-electron chi connectivity index (χ1n) is 6.50. The van der Waals surface area contributed by atoms with Crippen LogP contribution in [0.2, 0.25) is 0 Å². The van der Waals surface area contributed by atoms with Crippen molar-refractivity contribution < 1.29 is 26.0 Å². The SMILES string of the molecule is CN[C@]1(c2ccc(F)cc2)C(=O)CCCC12OS(=O)(=O)O2. The van der Waals surface area contributed by atoms with E-state index in [9.17, 15) is 17.6 Å². The zero-order chi connectivity index (χ0) is 15.3. The number of halogens is 1. The Hall–Kier alpha value is -1.35. The molecule has 1 saturated heterocycles. The number of likely N-dealkylation sites (N-methyl/N-ethyl adjacent to an activating group) is 1. The van der Waals surface area contributed by atoms with E-state index in [0.29, 0.717) is 12.0 Å². The molecule has 1 atom stereocenters. The predicted molar refractivity (Wildman–Crippen MR) is 69.8 cm³/mol. The normalized spacial score (nSPS) is 30.1. The van der Waals surface area contributed by atoms with E-state index < -0.39 is 27.5 Å². The third kappa shape index (κ3) is 1.94. The molecule has 1 N–H and O–H groups in total. The Morgan fingerprint density at radius 2 is 1.86 bits per heavy atom. The Kier molecular flexibility index (Phi) is 3.17. The van der Waals surface area contributed by atoms with E-state index in [2.05, 4.69) is 5.32 Å². The Balaban J connectivity index is 2.15. The minimum absolute atomic E-state index is 0.246. The Morgan fingerprint density at radius 1 is 1.24 bits per heavy atom. The molecule has 0 amide bonds. The average Bonchev–Trinajstić information content (AvgIpc) is 2.39. The second-order valence-electron chi connectivity index (χ2n) is 5.11. The summed E-state index contributed by atoms with van der Waals surface area (Å²) in [6, 6.07) is 5.26. The van der Waals surface area contributed by atoms with E-state index in [1.165, 1.54) is 31.3 Å². The monoisotopic (exact) mass is 315 g/mol. The number of nitrogens with one attached hydrogen (secondary N) is 1. The third-order valence-electron chi connectivity index (χ3n) is 4.02. The predicted octanol–water partition coefficient (Wildman–Crippen LogP) is 0.981. The zero-order valence-corrected chi connectivity index (χ0v) is 12.1. The summed E-state index contributed by atoms with van der Waals surface area (Å²) in [5, 5.41) is 2.85. The maximum Gasteiger partial charge on any atom is 0.405 e. The molecule has 3 rings (SSSR count). The molecule has 2 aliphatic rings. The molecule has 0 bridgehead atoms. The minimum atomic E-state index is -4.08. The number of carbonyl (C=O) groups excluding carboxylic acids is 1. The van der Waals surface area contributed by atoms with Gasteiger partial charge in [-0.25, -0.2) is 12.8 Å². The molecule has 114 valence electrons. The molecule has 1 saturated carbocycles. The van der Waals surface area contributed by atoms with Gasteiger partial charge in [0.15, 0.2) is 11.3 Å². The molecular weight excluding hydrogens is 301 g/mol. The van der Waals surface area contributed by atoms with Gasteiger partial charge in [0.25, 0.3) is 0 Å². The molecule has 2 fully saturated rings. The molecule has 1 spiro atoms. The fourth-order valence-electron chi connectivity index (χ4n) is 3.17. The van der Waals surface area contributed by atoms with Crippen LogP contribution < -0.4 is 5.32 Å². The van der Waals surface area contributed by atoms with Crippen LogP contribution in [-0.2, 0) is 29.1 Å². The Morgan fingerprint density at radius 3 is 2.38 bits per heavy atom. The second kappa shape index (κ2) is 4.57. The van der Waals surface area contributed by atoms with Gasteiger partial charge >= 0.3 is 10.4 Å². The molecule has 1 aromatic rings. The summed E-state index contributed by atoms with van der Waals surface area (Å²) in [5.41, 5.74) is -1.06. The molecule has 0 aromatic heterocycles. The van der Waals surface area contributed by atoms with E-state index in [-0.39, 0.29) is 18.6 Å². The van der Waals surface area contributed by atoms with Crippen LogP contribution in [0.5, 0.6) is 0 Å². The number of hydrogen-bond donors (Lipinski definition) is 1. The molecule has 6 nitrogen and oxygen atoms in total. The van der Waals surface area contributed by atoms with Crippen molar-refractivity contribution in [2.24, 2.45) is 0 Å². The molecular formula is C13H14FNO5S. The van der Waals surface area contributed by atoms with E-state index in [1.54, 1.807) is 0 Å². The van der Waals surface area contributed by atoms with Crippen LogP contribution in [0.1, 0.15) is 24.8 Å². The van der Waals surface area contributed by atoms with Crippen molar-refractivity contribution in [1.82, 2.24) is 5.32 Å². The Labute approximate surface area is 121 Å². The van der Waals surface area contributed by atoms with Crippen molar-refractivity contribution in [3.05, 3.63) is 35.6 Å². The number of Topliss-reactive ketones (excluding diaryl/α,β-unsaturated/α-hetero) is 1. The zero-order valence-electron chi connectivity index (χ0n) is 11.3. The molecule has 0 unspecified atom stereocenters. The van der Waals surface area contributed by atoms with Gasteiger partial charge in [0.05, 0.1) is 0 Å². The topological polar surface area (TPSA) is 81.7 Å². The molecule has 1 heterocycles. The van der Waals surface area contributed by atoms with Crippen LogP contribution in [0.25, 0.3) is 0 Å². The lowest BCUT2D eigenvalue weighted by Gasteiger charge is -2.53. The Bertz CT molecular complexity index is 675. The first-order chi connectivity index (χ1) is 9.85. The summed E-state index contributed by atoms with van der Waals surface area (Å²) in [4.78, 5) is 12.5. The summed E-state index contributed by atoms with van der Waals surface area (Å²) < 4.78 is 45.7. The van der Waals surface area contributed by atoms with Crippen molar-refractivity contribution in [3.63, 3.8) is 0 Å². The average molecular weight is 315 g/mol. The molecule has 1 aliphatic carbocycles. The lowest BCUT2D eigenvalue weighted by Crippen LogP contribution is -2.73. The van der Waals surface area contributed by atoms with E-state index >= 15 is 0 Å². The number of ketones is 1. The number of rotatable bonds is 2. The van der Waals surface area contributed by atoms with Crippen molar-refractivity contribution in [2.75, 3.05) is 7.05 Å². The lowest BCUT2D eigenvalue weighted by molar-refractivity contribution is -0.248. The van der Waals surface area contributed by atoms with Gasteiger partial charge in [-0.15, -0.1) is 0 Å². The van der Waals surface area contributed by atoms with Gasteiger partial charge in [-0.05, 0) is 31.2 Å². The van der Waals surface area contributed by atoms with Crippen LogP contribution >= 0.6 is 0 Å². The van der Waals surface area contributed by atoms with Crippen LogP contribution in [0.15, 0.2) is 24.3 Å². The highest BCUT2D eigenvalue weighted by Crippen LogP contribution is 2.52. The molecule has 1 aliphatic heterocycles. The van der Waals surface area contributed by atoms with E-state index in [0.717, 1.165) is 0 Å². The fraction of sp³-hybridized carbons (Fsp3) is 0.462. The van der Waals surface area contributed by atoms with Crippen molar-refractivity contribution in [2.45, 2.75) is 30.6 Å². The first-order valence-corrected chi connectivity index (χ1v) is 7.83. The summed E-state index contributed by atoms with van der Waals surface area (Å²) in [7, 11) is -2.56. The van der Waals surface area contributed by atoms with Crippen molar-refractivity contribution in [3.8, 4) is 0 Å². The number of carbonyl (C=O) groups is 1. The maximum atomic E-state index is 13.1. The van der Waals surface area contributed by atoms with E-state index in [4.69, 9.17) is 8.37 Å². The largest absolute Gasteiger partial charge is 0.405 e. The fourth-order valence-corrected chi connectivity index (χ4v) is 4.26. The quantitative estimate of drug-likeness (QED) is 0.876. The molecule has 8 heteroatoms. The van der Waals surface area contributed by atoms with Gasteiger partial charge in [0.1, 0.15) is 5.82 Å². The van der Waals surface area contributed by atoms with Gasteiger partial charge in [-0.1, -0.05) is 12.1 Å². The maximum absolute atomic E-state index is 13.1.